The van der Waals surface area contributed by atoms with Gasteiger partial charge in [-0.15, -0.1) is 0 Å². The summed E-state index contributed by atoms with van der Waals surface area (Å²) in [7, 11) is -3.76. The molecule has 1 unspecified atom stereocenters. The molecule has 0 amide bonds. The Hall–Kier alpha value is -2.85. The number of sulfonamides is 1. The van der Waals surface area contributed by atoms with Crippen molar-refractivity contribution in [2.75, 3.05) is 18.0 Å². The molecule has 0 spiro atoms. The summed E-state index contributed by atoms with van der Waals surface area (Å²) in [6.07, 6.45) is 4.01. The van der Waals surface area contributed by atoms with Gasteiger partial charge in [-0.2, -0.15) is 4.31 Å². The SMILES string of the molecule is CC[C@H]1CC[C@H](c2ccccc2)S(=O)(=O)N1Cc1cc(F)c(N2C[C@@H]3C(N(C=N)C=N)[C@@H]3C2)cc1F. The number of hydrogen-bond donors (Lipinski definition) is 2. The van der Waals surface area contributed by atoms with Crippen molar-refractivity contribution in [3.8, 4) is 0 Å². The fourth-order valence-electron chi connectivity index (χ4n) is 6.09. The van der Waals surface area contributed by atoms with Gasteiger partial charge < -0.3 is 9.80 Å². The maximum Gasteiger partial charge on any atom is 0.221 e. The first kappa shape index (κ1) is 24.8. The molecule has 2 aromatic rings. The smallest absolute Gasteiger partial charge is 0.221 e. The van der Waals surface area contributed by atoms with Crippen molar-refractivity contribution in [1.29, 1.82) is 10.8 Å². The molecule has 0 aromatic heterocycles. The van der Waals surface area contributed by atoms with Crippen molar-refractivity contribution in [3.05, 3.63) is 65.2 Å². The number of piperidine rings is 1. The summed E-state index contributed by atoms with van der Waals surface area (Å²) < 4.78 is 59.1. The van der Waals surface area contributed by atoms with Crippen LogP contribution in [0.25, 0.3) is 0 Å². The van der Waals surface area contributed by atoms with Crippen LogP contribution in [-0.4, -0.2) is 55.5 Å². The zero-order valence-corrected chi connectivity index (χ0v) is 21.0. The normalized spacial score (nSPS) is 29.0. The third kappa shape index (κ3) is 4.20. The van der Waals surface area contributed by atoms with Crippen molar-refractivity contribution in [2.45, 2.75) is 50.1 Å². The molecule has 2 aromatic carbocycles. The standard InChI is InChI=1S/C26H31F2N5O2S/c1-2-19-8-9-25(17-6-4-3-5-7-17)36(34,35)33(19)12-18-10-23(28)24(11-22(18)27)31-13-20-21(14-31)26(20)32(15-29)16-30/h3-7,10-11,15-16,19-21,25-26,29-30H,2,8-9,12-14H2,1H3/t19-,20-,21+,25+,26?/m0/s1. The molecule has 5 rings (SSSR count). The van der Waals surface area contributed by atoms with E-state index in [0.29, 0.717) is 32.4 Å². The number of halogens is 2. The Morgan fingerprint density at radius 2 is 1.69 bits per heavy atom. The van der Waals surface area contributed by atoms with Crippen molar-refractivity contribution in [2.24, 2.45) is 11.8 Å². The quantitative estimate of drug-likeness (QED) is 0.404. The first-order valence-corrected chi connectivity index (χ1v) is 13.9. The van der Waals surface area contributed by atoms with Crippen LogP contribution in [0.15, 0.2) is 42.5 Å². The van der Waals surface area contributed by atoms with Crippen LogP contribution in [0.5, 0.6) is 0 Å². The lowest BCUT2D eigenvalue weighted by Gasteiger charge is -2.39. The average molecular weight is 516 g/mol. The predicted molar refractivity (Wildman–Crippen MR) is 136 cm³/mol. The molecule has 5 atom stereocenters. The lowest BCUT2D eigenvalue weighted by Crippen LogP contribution is -2.46. The molecule has 0 radical (unpaired) electrons. The van der Waals surface area contributed by atoms with E-state index in [1.165, 1.54) is 10.4 Å². The summed E-state index contributed by atoms with van der Waals surface area (Å²) in [6.45, 7) is 2.77. The minimum absolute atomic E-state index is 0.0352. The molecular weight excluding hydrogens is 484 g/mol. The molecule has 2 aliphatic heterocycles. The summed E-state index contributed by atoms with van der Waals surface area (Å²) in [5.41, 5.74) is 0.928. The van der Waals surface area contributed by atoms with Crippen LogP contribution in [-0.2, 0) is 16.6 Å². The molecular formula is C26H31F2N5O2S. The molecule has 1 aliphatic carbocycles. The van der Waals surface area contributed by atoms with Crippen molar-refractivity contribution >= 4 is 28.4 Å². The highest BCUT2D eigenvalue weighted by molar-refractivity contribution is 7.89. The van der Waals surface area contributed by atoms with Crippen LogP contribution >= 0.6 is 0 Å². The van der Waals surface area contributed by atoms with E-state index in [4.69, 9.17) is 10.8 Å². The van der Waals surface area contributed by atoms with Gasteiger partial charge >= 0.3 is 0 Å². The van der Waals surface area contributed by atoms with E-state index < -0.39 is 26.9 Å². The molecule has 0 bridgehead atoms. The topological polar surface area (TPSA) is 91.6 Å². The van der Waals surface area contributed by atoms with Gasteiger partial charge in [0.2, 0.25) is 10.0 Å². The van der Waals surface area contributed by atoms with Gasteiger partial charge in [-0.1, -0.05) is 37.3 Å². The van der Waals surface area contributed by atoms with Gasteiger partial charge in [-0.3, -0.25) is 10.8 Å². The van der Waals surface area contributed by atoms with E-state index in [9.17, 15) is 8.42 Å². The second-order valence-corrected chi connectivity index (χ2v) is 12.0. The van der Waals surface area contributed by atoms with Gasteiger partial charge in [-0.25, -0.2) is 17.2 Å². The summed E-state index contributed by atoms with van der Waals surface area (Å²) >= 11 is 0. The lowest BCUT2D eigenvalue weighted by molar-refractivity contribution is 0.256. The van der Waals surface area contributed by atoms with Crippen LogP contribution in [0.2, 0.25) is 0 Å². The minimum atomic E-state index is -3.76. The Labute approximate surface area is 210 Å². The summed E-state index contributed by atoms with van der Waals surface area (Å²) in [5.74, 6) is -0.776. The Bertz CT molecular complexity index is 1240. The van der Waals surface area contributed by atoms with E-state index in [1.807, 2.05) is 25.1 Å². The molecule has 10 heteroatoms. The van der Waals surface area contributed by atoms with E-state index in [-0.39, 0.29) is 41.7 Å². The predicted octanol–water partition coefficient (Wildman–Crippen LogP) is 4.36. The van der Waals surface area contributed by atoms with Gasteiger partial charge in [0.05, 0.1) is 18.4 Å². The molecule has 3 aliphatic rings. The number of anilines is 1. The number of nitrogens with one attached hydrogen (secondary N) is 2. The summed E-state index contributed by atoms with van der Waals surface area (Å²) in [4.78, 5) is 3.34. The molecule has 3 fully saturated rings. The minimum Gasteiger partial charge on any atom is -0.368 e. The molecule has 7 nitrogen and oxygen atoms in total. The van der Waals surface area contributed by atoms with Crippen LogP contribution in [0.4, 0.5) is 14.5 Å². The lowest BCUT2D eigenvalue weighted by atomic mass is 10.0. The largest absolute Gasteiger partial charge is 0.368 e. The fourth-order valence-corrected chi connectivity index (χ4v) is 8.34. The molecule has 1 saturated carbocycles. The Kier molecular flexibility index (Phi) is 6.59. The molecule has 2 saturated heterocycles. The van der Waals surface area contributed by atoms with Crippen molar-refractivity contribution in [3.63, 3.8) is 0 Å². The van der Waals surface area contributed by atoms with Gasteiger partial charge in [-0.05, 0) is 30.9 Å². The first-order valence-electron chi connectivity index (χ1n) is 12.4. The monoisotopic (exact) mass is 515 g/mol. The van der Waals surface area contributed by atoms with Gasteiger partial charge in [0.15, 0.2) is 0 Å². The Morgan fingerprint density at radius 1 is 1.03 bits per heavy atom. The Morgan fingerprint density at radius 3 is 2.31 bits per heavy atom. The second-order valence-electron chi connectivity index (χ2n) is 9.95. The van der Waals surface area contributed by atoms with E-state index in [1.54, 1.807) is 21.9 Å². The van der Waals surface area contributed by atoms with Crippen molar-refractivity contribution in [1.82, 2.24) is 9.21 Å². The van der Waals surface area contributed by atoms with Crippen LogP contribution in [0.3, 0.4) is 0 Å². The van der Waals surface area contributed by atoms with Crippen LogP contribution < -0.4 is 4.90 Å². The number of fused-ring (bicyclic) bond motifs is 1. The zero-order valence-electron chi connectivity index (χ0n) is 20.1. The van der Waals surface area contributed by atoms with Crippen LogP contribution in [0, 0.1) is 34.3 Å². The average Bonchev–Trinajstić information content (AvgIpc) is 3.34. The number of hydrogen-bond acceptors (Lipinski definition) is 5. The second kappa shape index (κ2) is 9.55. The zero-order chi connectivity index (χ0) is 25.6. The third-order valence-electron chi connectivity index (χ3n) is 8.07. The van der Waals surface area contributed by atoms with Crippen molar-refractivity contribution < 1.29 is 17.2 Å². The molecule has 2 heterocycles. The van der Waals surface area contributed by atoms with E-state index in [0.717, 1.165) is 24.3 Å². The number of rotatable bonds is 8. The summed E-state index contributed by atoms with van der Waals surface area (Å²) in [5, 5.41) is 14.1. The summed E-state index contributed by atoms with van der Waals surface area (Å²) in [6, 6.07) is 11.2. The highest BCUT2D eigenvalue weighted by Gasteiger charge is 2.58. The number of benzene rings is 2. The van der Waals surface area contributed by atoms with Gasteiger partial charge in [0, 0.05) is 55.2 Å². The molecule has 192 valence electrons. The van der Waals surface area contributed by atoms with E-state index in [2.05, 4.69) is 0 Å². The maximum atomic E-state index is 15.3. The number of nitrogens with zero attached hydrogens (tertiary/aromatic N) is 3. The fraction of sp³-hybridized carbons (Fsp3) is 0.462. The van der Waals surface area contributed by atoms with Crippen LogP contribution in [0.1, 0.15) is 42.6 Å². The first-order chi connectivity index (χ1) is 17.3. The highest BCUT2D eigenvalue weighted by Crippen LogP contribution is 2.50. The maximum absolute atomic E-state index is 15.3. The molecule has 2 N–H and O–H groups in total. The third-order valence-corrected chi connectivity index (χ3v) is 10.4. The van der Waals surface area contributed by atoms with Gasteiger partial charge in [0.25, 0.3) is 0 Å². The Balaban J connectivity index is 1.36. The van der Waals surface area contributed by atoms with Gasteiger partial charge in [0.1, 0.15) is 16.9 Å². The highest BCUT2D eigenvalue weighted by atomic mass is 32.2. The molecule has 36 heavy (non-hydrogen) atoms. The van der Waals surface area contributed by atoms with E-state index >= 15 is 8.78 Å².